The Bertz CT molecular complexity index is 1440. The first kappa shape index (κ1) is 23.5. The first-order chi connectivity index (χ1) is 16.9. The van der Waals surface area contributed by atoms with Gasteiger partial charge in [-0.25, -0.2) is 4.79 Å². The molecule has 178 valence electrons. The summed E-state index contributed by atoms with van der Waals surface area (Å²) in [5.41, 5.74) is 1.74. The second-order valence-electron chi connectivity index (χ2n) is 8.33. The molecule has 0 saturated heterocycles. The van der Waals surface area contributed by atoms with E-state index in [4.69, 9.17) is 9.47 Å². The number of anilines is 1. The molecule has 35 heavy (non-hydrogen) atoms. The highest BCUT2D eigenvalue weighted by Gasteiger charge is 2.53. The SMILES string of the molecule is COC(=O)C1(c2cc3sc(C#Cc4snc(C)c4NC(=O)OC(C)c4ccccc4)cc3s2)CC1. The lowest BCUT2D eigenvalue weighted by Gasteiger charge is -2.14. The number of aromatic nitrogens is 1. The Balaban J connectivity index is 1.30. The summed E-state index contributed by atoms with van der Waals surface area (Å²) < 4.78 is 17.1. The summed E-state index contributed by atoms with van der Waals surface area (Å²) in [5.74, 6) is 6.20. The number of hydrogen-bond acceptors (Lipinski definition) is 8. The van der Waals surface area contributed by atoms with Gasteiger partial charge in [-0.2, -0.15) is 4.37 Å². The topological polar surface area (TPSA) is 77.5 Å². The lowest BCUT2D eigenvalue weighted by Crippen LogP contribution is -2.20. The maximum absolute atomic E-state index is 12.5. The molecule has 0 spiro atoms. The monoisotopic (exact) mass is 522 g/mol. The summed E-state index contributed by atoms with van der Waals surface area (Å²) in [4.78, 5) is 27.3. The number of nitrogens with one attached hydrogen (secondary N) is 1. The molecule has 1 fully saturated rings. The summed E-state index contributed by atoms with van der Waals surface area (Å²) >= 11 is 4.46. The lowest BCUT2D eigenvalue weighted by atomic mass is 10.1. The molecule has 9 heteroatoms. The molecule has 6 nitrogen and oxygen atoms in total. The van der Waals surface area contributed by atoms with E-state index in [1.807, 2.05) is 50.2 Å². The fourth-order valence-corrected chi connectivity index (χ4v) is 7.00. The molecule has 3 heterocycles. The quantitative estimate of drug-likeness (QED) is 0.235. The molecule has 1 atom stereocenters. The van der Waals surface area contributed by atoms with Gasteiger partial charge < -0.3 is 9.47 Å². The number of methoxy groups -OCH3 is 1. The van der Waals surface area contributed by atoms with Crippen LogP contribution in [0.2, 0.25) is 0 Å². The van der Waals surface area contributed by atoms with Crippen molar-refractivity contribution in [2.75, 3.05) is 12.4 Å². The maximum Gasteiger partial charge on any atom is 0.412 e. The third-order valence-corrected chi connectivity index (χ3v) is 9.21. The minimum absolute atomic E-state index is 0.149. The van der Waals surface area contributed by atoms with Gasteiger partial charge in [0, 0.05) is 14.3 Å². The van der Waals surface area contributed by atoms with Crippen LogP contribution < -0.4 is 5.32 Å². The Morgan fingerprint density at radius 1 is 1.11 bits per heavy atom. The number of rotatable bonds is 5. The highest BCUT2D eigenvalue weighted by Crippen LogP contribution is 2.53. The van der Waals surface area contributed by atoms with E-state index in [9.17, 15) is 9.59 Å². The predicted molar refractivity (Wildman–Crippen MR) is 140 cm³/mol. The Hall–Kier alpha value is -3.19. The van der Waals surface area contributed by atoms with Gasteiger partial charge in [-0.3, -0.25) is 10.1 Å². The van der Waals surface area contributed by atoms with Crippen LogP contribution in [0.25, 0.3) is 9.40 Å². The van der Waals surface area contributed by atoms with E-state index >= 15 is 0 Å². The molecular weight excluding hydrogens is 500 g/mol. The van der Waals surface area contributed by atoms with Crippen LogP contribution in [0.15, 0.2) is 42.5 Å². The van der Waals surface area contributed by atoms with Gasteiger partial charge >= 0.3 is 12.1 Å². The number of carbonyl (C=O) groups excluding carboxylic acids is 2. The van der Waals surface area contributed by atoms with Crippen molar-refractivity contribution in [3.63, 3.8) is 0 Å². The molecule has 0 radical (unpaired) electrons. The minimum Gasteiger partial charge on any atom is -0.468 e. The molecule has 5 rings (SSSR count). The van der Waals surface area contributed by atoms with Gasteiger partial charge in [0.05, 0.1) is 23.4 Å². The molecule has 4 aromatic rings. The second-order valence-corrected chi connectivity index (χ2v) is 11.3. The normalized spacial score (nSPS) is 14.6. The molecule has 1 aliphatic carbocycles. The molecule has 3 aromatic heterocycles. The molecular formula is C26H22N2O4S3. The van der Waals surface area contributed by atoms with Crippen molar-refractivity contribution in [2.45, 2.75) is 38.2 Å². The van der Waals surface area contributed by atoms with E-state index in [1.165, 1.54) is 18.6 Å². The number of nitrogens with zero attached hydrogens (tertiary/aromatic N) is 1. The second kappa shape index (κ2) is 9.46. The van der Waals surface area contributed by atoms with E-state index in [0.717, 1.165) is 37.6 Å². The van der Waals surface area contributed by atoms with Crippen LogP contribution in [-0.2, 0) is 19.7 Å². The van der Waals surface area contributed by atoms with Crippen LogP contribution in [0.4, 0.5) is 10.5 Å². The van der Waals surface area contributed by atoms with E-state index in [2.05, 4.69) is 27.6 Å². The van der Waals surface area contributed by atoms with Crippen molar-refractivity contribution >= 4 is 61.4 Å². The summed E-state index contributed by atoms with van der Waals surface area (Å²) in [6.07, 6.45) is 0.757. The van der Waals surface area contributed by atoms with E-state index in [-0.39, 0.29) is 12.1 Å². The van der Waals surface area contributed by atoms with Gasteiger partial charge in [0.2, 0.25) is 0 Å². The number of amides is 1. The largest absolute Gasteiger partial charge is 0.468 e. The third kappa shape index (κ3) is 4.69. The van der Waals surface area contributed by atoms with Crippen LogP contribution in [0.1, 0.15) is 51.8 Å². The first-order valence-electron chi connectivity index (χ1n) is 11.0. The Labute approximate surface area is 215 Å². The Kier molecular flexibility index (Phi) is 6.36. The number of hydrogen-bond donors (Lipinski definition) is 1. The van der Waals surface area contributed by atoms with Gasteiger partial charge in [0.25, 0.3) is 0 Å². The van der Waals surface area contributed by atoms with E-state index in [1.54, 1.807) is 22.7 Å². The number of carbonyl (C=O) groups is 2. The van der Waals surface area contributed by atoms with Crippen molar-refractivity contribution in [1.29, 1.82) is 0 Å². The third-order valence-electron chi connectivity index (χ3n) is 5.95. The Morgan fingerprint density at radius 3 is 2.54 bits per heavy atom. The van der Waals surface area contributed by atoms with Gasteiger partial charge in [-0.15, -0.1) is 22.7 Å². The smallest absolute Gasteiger partial charge is 0.412 e. The van der Waals surface area contributed by atoms with Crippen molar-refractivity contribution in [3.05, 3.63) is 68.4 Å². The summed E-state index contributed by atoms with van der Waals surface area (Å²) in [5, 5.41) is 2.81. The average molecular weight is 523 g/mol. The van der Waals surface area contributed by atoms with Gasteiger partial charge in [0.1, 0.15) is 16.4 Å². The molecule has 1 amide bonds. The summed E-state index contributed by atoms with van der Waals surface area (Å²) in [7, 11) is 1.44. The van der Waals surface area contributed by atoms with Crippen LogP contribution in [0.3, 0.4) is 0 Å². The van der Waals surface area contributed by atoms with Gasteiger partial charge in [0.15, 0.2) is 0 Å². The summed E-state index contributed by atoms with van der Waals surface area (Å²) in [6, 6.07) is 13.7. The molecule has 1 aliphatic rings. The molecule has 1 aromatic carbocycles. The van der Waals surface area contributed by atoms with Crippen molar-refractivity contribution in [2.24, 2.45) is 0 Å². The van der Waals surface area contributed by atoms with Crippen LogP contribution >= 0.6 is 34.2 Å². The number of benzene rings is 1. The lowest BCUT2D eigenvalue weighted by molar-refractivity contribution is -0.143. The zero-order valence-corrected chi connectivity index (χ0v) is 21.8. The van der Waals surface area contributed by atoms with Gasteiger partial charge in [-0.05, 0) is 67.8 Å². The Morgan fingerprint density at radius 2 is 1.86 bits per heavy atom. The predicted octanol–water partition coefficient (Wildman–Crippen LogP) is 6.64. The highest BCUT2D eigenvalue weighted by molar-refractivity contribution is 7.28. The number of fused-ring (bicyclic) bond motifs is 1. The van der Waals surface area contributed by atoms with Crippen LogP contribution in [0.5, 0.6) is 0 Å². The zero-order valence-electron chi connectivity index (χ0n) is 19.3. The molecule has 0 aliphatic heterocycles. The number of esters is 1. The maximum atomic E-state index is 12.5. The fourth-order valence-electron chi connectivity index (χ4n) is 3.81. The van der Waals surface area contributed by atoms with Crippen molar-refractivity contribution in [1.82, 2.24) is 4.37 Å². The van der Waals surface area contributed by atoms with E-state index < -0.39 is 11.5 Å². The van der Waals surface area contributed by atoms with E-state index in [0.29, 0.717) is 16.3 Å². The van der Waals surface area contributed by atoms with Crippen LogP contribution in [-0.4, -0.2) is 23.5 Å². The standard InChI is InChI=1S/C26H22N2O4S3/c1-15-23(27-25(30)32-16(2)17-7-5-4-6-8-17)19(35-28-15)10-9-18-13-20-21(33-18)14-22(34-20)26(11-12-26)24(29)31-3/h4-8,13-14,16H,11-12H2,1-3H3,(H,27,30). The van der Waals surface area contributed by atoms with Crippen molar-refractivity contribution in [3.8, 4) is 11.8 Å². The number of thiophene rings is 2. The highest BCUT2D eigenvalue weighted by atomic mass is 32.1. The molecule has 1 N–H and O–H groups in total. The molecule has 1 saturated carbocycles. The average Bonchev–Trinajstić information content (AvgIpc) is 3.28. The van der Waals surface area contributed by atoms with Gasteiger partial charge in [-0.1, -0.05) is 30.3 Å². The van der Waals surface area contributed by atoms with Crippen LogP contribution in [0, 0.1) is 18.8 Å². The summed E-state index contributed by atoms with van der Waals surface area (Å²) in [6.45, 7) is 3.66. The molecule has 0 bridgehead atoms. The number of aryl methyl sites for hydroxylation is 1. The fraction of sp³-hybridized carbons (Fsp3) is 0.269. The first-order valence-corrected chi connectivity index (χ1v) is 13.4. The zero-order chi connectivity index (χ0) is 24.6. The minimum atomic E-state index is -0.545. The molecule has 1 unspecified atom stereocenters. The van der Waals surface area contributed by atoms with Crippen molar-refractivity contribution < 1.29 is 19.1 Å². The number of ether oxygens (including phenoxy) is 2.